The van der Waals surface area contributed by atoms with Crippen molar-refractivity contribution in [3.63, 3.8) is 0 Å². The van der Waals surface area contributed by atoms with Crippen molar-refractivity contribution in [3.8, 4) is 6.07 Å². The molecule has 19 heavy (non-hydrogen) atoms. The van der Waals surface area contributed by atoms with Crippen LogP contribution >= 0.6 is 0 Å². The summed E-state index contributed by atoms with van der Waals surface area (Å²) in [7, 11) is 0. The van der Waals surface area contributed by atoms with Crippen LogP contribution in [0.3, 0.4) is 0 Å². The summed E-state index contributed by atoms with van der Waals surface area (Å²) in [6.45, 7) is 3.86. The van der Waals surface area contributed by atoms with Gasteiger partial charge in [0.25, 0.3) is 0 Å². The molecule has 0 fully saturated rings. The number of benzene rings is 1. The van der Waals surface area contributed by atoms with Crippen LogP contribution in [0.15, 0.2) is 29.3 Å². The maximum atomic E-state index is 12.0. The van der Waals surface area contributed by atoms with Gasteiger partial charge >= 0.3 is 6.09 Å². The van der Waals surface area contributed by atoms with Gasteiger partial charge in [-0.05, 0) is 19.4 Å². The highest BCUT2D eigenvalue weighted by Gasteiger charge is 2.44. The molecule has 1 aromatic carbocycles. The lowest BCUT2D eigenvalue weighted by Crippen LogP contribution is -2.49. The molecule has 5 nitrogen and oxygen atoms in total. The van der Waals surface area contributed by atoms with Gasteiger partial charge in [0.15, 0.2) is 5.54 Å². The van der Waals surface area contributed by atoms with Gasteiger partial charge in [0.05, 0.1) is 18.4 Å². The van der Waals surface area contributed by atoms with Crippen LogP contribution in [0.25, 0.3) is 0 Å². The molecule has 1 amide bonds. The summed E-state index contributed by atoms with van der Waals surface area (Å²) in [4.78, 5) is 17.5. The summed E-state index contributed by atoms with van der Waals surface area (Å²) < 4.78 is 5.00. The van der Waals surface area contributed by atoms with E-state index in [1.807, 2.05) is 31.2 Å². The second kappa shape index (κ2) is 5.11. The largest absolute Gasteiger partial charge is 0.449 e. The van der Waals surface area contributed by atoms with Crippen molar-refractivity contribution >= 4 is 18.1 Å². The lowest BCUT2D eigenvalue weighted by molar-refractivity contribution is 0.104. The van der Waals surface area contributed by atoms with E-state index in [1.54, 1.807) is 6.92 Å². The molecule has 0 bridgehead atoms. The van der Waals surface area contributed by atoms with E-state index in [2.05, 4.69) is 11.1 Å². The number of nitriles is 1. The Labute approximate surface area is 112 Å². The number of rotatable bonds is 2. The van der Waals surface area contributed by atoms with E-state index in [0.29, 0.717) is 12.1 Å². The van der Waals surface area contributed by atoms with E-state index < -0.39 is 11.6 Å². The van der Waals surface area contributed by atoms with Crippen molar-refractivity contribution in [2.24, 2.45) is 4.99 Å². The van der Waals surface area contributed by atoms with E-state index >= 15 is 0 Å². The molecule has 98 valence electrons. The molecule has 0 saturated heterocycles. The summed E-state index contributed by atoms with van der Waals surface area (Å²) >= 11 is 0. The van der Waals surface area contributed by atoms with Crippen molar-refractivity contribution < 1.29 is 9.53 Å². The predicted octanol–water partition coefficient (Wildman–Crippen LogP) is 2.95. The average molecular weight is 257 g/mol. The van der Waals surface area contributed by atoms with Crippen LogP contribution in [0.2, 0.25) is 0 Å². The molecular formula is C14H15N3O2. The van der Waals surface area contributed by atoms with E-state index in [1.165, 1.54) is 11.2 Å². The molecule has 0 N–H and O–H groups in total. The van der Waals surface area contributed by atoms with Crippen molar-refractivity contribution in [1.29, 1.82) is 5.26 Å². The van der Waals surface area contributed by atoms with Crippen LogP contribution in [0.1, 0.15) is 25.8 Å². The first-order chi connectivity index (χ1) is 9.19. The fourth-order valence-electron chi connectivity index (χ4n) is 2.23. The molecule has 0 radical (unpaired) electrons. The van der Waals surface area contributed by atoms with Crippen LogP contribution in [0.5, 0.6) is 0 Å². The quantitative estimate of drug-likeness (QED) is 0.818. The van der Waals surface area contributed by atoms with Gasteiger partial charge in [-0.25, -0.2) is 14.7 Å². The zero-order chi connectivity index (χ0) is 13.9. The van der Waals surface area contributed by atoms with Gasteiger partial charge in [-0.1, -0.05) is 25.1 Å². The number of carbonyl (C=O) groups excluding carboxylic acids is 1. The summed E-state index contributed by atoms with van der Waals surface area (Å²) in [6, 6.07) is 9.59. The first-order valence-electron chi connectivity index (χ1n) is 6.20. The standard InChI is InChI=1S/C14H15N3O2/c1-3-14(9-15)11-7-5-6-8-12(11)16-10-17(14)13(18)19-4-2/h5-8,10H,3-4H2,1-2H3. The summed E-state index contributed by atoms with van der Waals surface area (Å²) in [5.74, 6) is 0. The SMILES string of the molecule is CCOC(=O)N1C=Nc2ccccc2C1(C#N)CC. The molecule has 0 spiro atoms. The maximum Gasteiger partial charge on any atom is 0.416 e. The zero-order valence-electron chi connectivity index (χ0n) is 11.0. The highest BCUT2D eigenvalue weighted by molar-refractivity contribution is 5.88. The van der Waals surface area contributed by atoms with E-state index in [0.717, 1.165) is 5.56 Å². The highest BCUT2D eigenvalue weighted by Crippen LogP contribution is 2.40. The summed E-state index contributed by atoms with van der Waals surface area (Å²) in [5, 5.41) is 9.61. The van der Waals surface area contributed by atoms with Gasteiger partial charge in [-0.2, -0.15) is 5.26 Å². The Hall–Kier alpha value is -2.35. The smallest absolute Gasteiger partial charge is 0.416 e. The molecule has 0 aromatic heterocycles. The van der Waals surface area contributed by atoms with Crippen molar-refractivity contribution in [2.75, 3.05) is 6.61 Å². The second-order valence-corrected chi connectivity index (χ2v) is 4.16. The number of ether oxygens (including phenoxy) is 1. The molecule has 2 rings (SSSR count). The third-order valence-electron chi connectivity index (χ3n) is 3.23. The molecule has 0 saturated carbocycles. The van der Waals surface area contributed by atoms with E-state index in [9.17, 15) is 10.1 Å². The zero-order valence-corrected chi connectivity index (χ0v) is 11.0. The highest BCUT2D eigenvalue weighted by atomic mass is 16.6. The summed E-state index contributed by atoms with van der Waals surface area (Å²) in [6.07, 6.45) is 1.29. The lowest BCUT2D eigenvalue weighted by atomic mass is 9.85. The Morgan fingerprint density at radius 1 is 1.47 bits per heavy atom. The Morgan fingerprint density at radius 3 is 2.84 bits per heavy atom. The van der Waals surface area contributed by atoms with Crippen molar-refractivity contribution in [3.05, 3.63) is 29.8 Å². The Kier molecular flexibility index (Phi) is 3.52. The van der Waals surface area contributed by atoms with Crippen LogP contribution in [-0.4, -0.2) is 23.9 Å². The number of carbonyl (C=O) groups is 1. The Balaban J connectivity index is 2.55. The molecule has 0 aliphatic carbocycles. The normalized spacial score (nSPS) is 20.6. The maximum absolute atomic E-state index is 12.0. The van der Waals surface area contributed by atoms with Crippen LogP contribution in [-0.2, 0) is 10.3 Å². The molecule has 1 aliphatic heterocycles. The number of nitrogens with zero attached hydrogens (tertiary/aromatic N) is 3. The van der Waals surface area contributed by atoms with Crippen LogP contribution in [0, 0.1) is 11.3 Å². The first kappa shape index (κ1) is 13.1. The molecule has 1 aromatic rings. The minimum Gasteiger partial charge on any atom is -0.449 e. The van der Waals surface area contributed by atoms with Gasteiger partial charge in [-0.15, -0.1) is 0 Å². The molecular weight excluding hydrogens is 242 g/mol. The minimum absolute atomic E-state index is 0.260. The third kappa shape index (κ3) is 1.95. The first-order valence-corrected chi connectivity index (χ1v) is 6.20. The van der Waals surface area contributed by atoms with Crippen LogP contribution in [0.4, 0.5) is 10.5 Å². The molecule has 1 atom stereocenters. The van der Waals surface area contributed by atoms with E-state index in [-0.39, 0.29) is 6.61 Å². The molecule has 1 aliphatic rings. The topological polar surface area (TPSA) is 65.7 Å². The second-order valence-electron chi connectivity index (χ2n) is 4.16. The van der Waals surface area contributed by atoms with Gasteiger partial charge < -0.3 is 4.74 Å². The van der Waals surface area contributed by atoms with Gasteiger partial charge in [0, 0.05) is 5.56 Å². The number of hydrogen-bond acceptors (Lipinski definition) is 4. The minimum atomic E-state index is -1.05. The van der Waals surface area contributed by atoms with Crippen molar-refractivity contribution in [2.45, 2.75) is 25.8 Å². The Bertz CT molecular complexity index is 562. The van der Waals surface area contributed by atoms with E-state index in [4.69, 9.17) is 4.74 Å². The van der Waals surface area contributed by atoms with Gasteiger partial charge in [0.1, 0.15) is 6.34 Å². The molecule has 1 unspecified atom stereocenters. The number of fused-ring (bicyclic) bond motifs is 1. The number of hydrogen-bond donors (Lipinski definition) is 0. The van der Waals surface area contributed by atoms with Crippen molar-refractivity contribution in [1.82, 2.24) is 4.90 Å². The van der Waals surface area contributed by atoms with Gasteiger partial charge in [-0.3, -0.25) is 0 Å². The molecule has 1 heterocycles. The Morgan fingerprint density at radius 2 is 2.21 bits per heavy atom. The summed E-state index contributed by atoms with van der Waals surface area (Å²) in [5.41, 5.74) is 0.395. The third-order valence-corrected chi connectivity index (χ3v) is 3.23. The number of amides is 1. The van der Waals surface area contributed by atoms with Crippen LogP contribution < -0.4 is 0 Å². The fourth-order valence-corrected chi connectivity index (χ4v) is 2.23. The monoisotopic (exact) mass is 257 g/mol. The molecule has 5 heteroatoms. The number of para-hydroxylation sites is 1. The van der Waals surface area contributed by atoms with Gasteiger partial charge in [0.2, 0.25) is 0 Å². The average Bonchev–Trinajstić information content (AvgIpc) is 2.46. The predicted molar refractivity (Wildman–Crippen MR) is 71.0 cm³/mol. The fraction of sp³-hybridized carbons (Fsp3) is 0.357. The lowest BCUT2D eigenvalue weighted by Gasteiger charge is -2.37. The number of aliphatic imine (C=N–C) groups is 1.